The van der Waals surface area contributed by atoms with Gasteiger partial charge in [-0.25, -0.2) is 0 Å². The molecule has 0 N–H and O–H groups in total. The summed E-state index contributed by atoms with van der Waals surface area (Å²) in [6.45, 7) is 0. The number of rotatable bonds is 8. The van der Waals surface area contributed by atoms with Crippen LogP contribution in [0.2, 0.25) is 0 Å². The normalized spacial score (nSPS) is 11.4. The predicted octanol–water partition coefficient (Wildman–Crippen LogP) is 7.20. The van der Waals surface area contributed by atoms with E-state index < -0.39 is 7.26 Å². The Bertz CT molecular complexity index is 1130. The molecule has 0 bridgehead atoms. The van der Waals surface area contributed by atoms with Crippen molar-refractivity contribution in [2.75, 3.05) is 6.16 Å². The van der Waals surface area contributed by atoms with Gasteiger partial charge in [0.05, 0.1) is 6.16 Å². The van der Waals surface area contributed by atoms with Gasteiger partial charge in [0.15, 0.2) is 0 Å². The third-order valence-corrected chi connectivity index (χ3v) is 11.2. The van der Waals surface area contributed by atoms with E-state index in [2.05, 4.69) is 152 Å². The van der Waals surface area contributed by atoms with Gasteiger partial charge >= 0.3 is 0 Å². The molecule has 166 valence electrons. The molecule has 0 aliphatic heterocycles. The maximum atomic E-state index is 2.34. The molecule has 0 aromatic heterocycles. The van der Waals surface area contributed by atoms with Crippen molar-refractivity contribution < 1.29 is 0 Å². The Kier molecular flexibility index (Phi) is 6.99. The fourth-order valence-electron chi connectivity index (χ4n) is 5.10. The molecule has 0 radical (unpaired) electrons. The van der Waals surface area contributed by atoms with Gasteiger partial charge < -0.3 is 0 Å². The van der Waals surface area contributed by atoms with E-state index in [0.717, 1.165) is 12.6 Å². The van der Waals surface area contributed by atoms with Gasteiger partial charge in [0.2, 0.25) is 0 Å². The lowest BCUT2D eigenvalue weighted by molar-refractivity contribution is 0.782. The molecule has 0 unspecified atom stereocenters. The predicted molar refractivity (Wildman–Crippen MR) is 149 cm³/mol. The third kappa shape index (κ3) is 4.60. The second-order valence-electron chi connectivity index (χ2n) is 8.70. The zero-order valence-corrected chi connectivity index (χ0v) is 20.3. The van der Waals surface area contributed by atoms with E-state index in [1.165, 1.54) is 27.0 Å². The molecule has 0 heterocycles. The Morgan fingerprint density at radius 2 is 0.676 bits per heavy atom. The first kappa shape index (κ1) is 22.3. The molecular weight excluding hydrogens is 427 g/mol. The lowest BCUT2D eigenvalue weighted by Crippen LogP contribution is -2.33. The quantitative estimate of drug-likeness (QED) is 0.216. The molecule has 5 aromatic carbocycles. The van der Waals surface area contributed by atoms with E-state index in [4.69, 9.17) is 0 Å². The van der Waals surface area contributed by atoms with Crippen molar-refractivity contribution in [1.82, 2.24) is 0 Å². The number of hydrogen-bond acceptors (Lipinski definition) is 0. The SMILES string of the molecule is c1ccc(C(CC[P+](c2ccccc2)(c2ccccc2)c2ccccc2)c2ccccc2)cc1. The summed E-state index contributed by atoms with van der Waals surface area (Å²) in [5, 5.41) is 4.35. The average Bonchev–Trinajstić information content (AvgIpc) is 2.94. The number of benzene rings is 5. The molecule has 0 aliphatic rings. The molecule has 34 heavy (non-hydrogen) atoms. The van der Waals surface area contributed by atoms with Gasteiger partial charge in [0.25, 0.3) is 0 Å². The molecule has 0 amide bonds. The van der Waals surface area contributed by atoms with Gasteiger partial charge in [0, 0.05) is 5.92 Å². The van der Waals surface area contributed by atoms with Crippen LogP contribution in [-0.4, -0.2) is 6.16 Å². The lowest BCUT2D eigenvalue weighted by atomic mass is 9.89. The Morgan fingerprint density at radius 1 is 0.382 bits per heavy atom. The van der Waals surface area contributed by atoms with Crippen molar-refractivity contribution in [3.63, 3.8) is 0 Å². The third-order valence-electron chi connectivity index (χ3n) is 6.75. The summed E-state index contributed by atoms with van der Waals surface area (Å²) in [4.78, 5) is 0. The van der Waals surface area contributed by atoms with Crippen molar-refractivity contribution in [2.24, 2.45) is 0 Å². The summed E-state index contributed by atoms with van der Waals surface area (Å²) < 4.78 is 0. The second-order valence-corrected chi connectivity index (χ2v) is 12.3. The highest BCUT2D eigenvalue weighted by molar-refractivity contribution is 7.95. The fraction of sp³-hybridized carbons (Fsp3) is 0.0909. The molecule has 0 spiro atoms. The Labute approximate surface area is 204 Å². The summed E-state index contributed by atoms with van der Waals surface area (Å²) in [5.74, 6) is 0.359. The minimum Gasteiger partial charge on any atom is -0.0622 e. The van der Waals surface area contributed by atoms with Crippen LogP contribution in [0.4, 0.5) is 0 Å². The molecule has 1 heteroatoms. The fourth-order valence-corrected chi connectivity index (χ4v) is 9.46. The van der Waals surface area contributed by atoms with Crippen molar-refractivity contribution in [3.05, 3.63) is 163 Å². The first-order valence-electron chi connectivity index (χ1n) is 12.0. The van der Waals surface area contributed by atoms with E-state index in [9.17, 15) is 0 Å². The zero-order chi connectivity index (χ0) is 23.1. The average molecular weight is 458 g/mol. The molecule has 0 fully saturated rings. The maximum absolute atomic E-state index is 2.34. The van der Waals surface area contributed by atoms with Crippen LogP contribution in [0, 0.1) is 0 Å². The highest BCUT2D eigenvalue weighted by Crippen LogP contribution is 2.57. The van der Waals surface area contributed by atoms with Crippen molar-refractivity contribution in [2.45, 2.75) is 12.3 Å². The summed E-state index contributed by atoms with van der Waals surface area (Å²) in [7, 11) is -1.85. The van der Waals surface area contributed by atoms with Crippen molar-refractivity contribution in [1.29, 1.82) is 0 Å². The first-order chi connectivity index (χ1) is 16.9. The largest absolute Gasteiger partial charge is 0.112 e. The van der Waals surface area contributed by atoms with Crippen LogP contribution in [0.1, 0.15) is 23.5 Å². The van der Waals surface area contributed by atoms with Gasteiger partial charge in [-0.1, -0.05) is 115 Å². The van der Waals surface area contributed by atoms with Crippen LogP contribution in [0.25, 0.3) is 0 Å². The molecule has 0 saturated carbocycles. The van der Waals surface area contributed by atoms with Crippen molar-refractivity contribution >= 4 is 23.2 Å². The van der Waals surface area contributed by atoms with E-state index in [-0.39, 0.29) is 0 Å². The van der Waals surface area contributed by atoms with Gasteiger partial charge in [-0.15, -0.1) is 0 Å². The maximum Gasteiger partial charge on any atom is 0.112 e. The topological polar surface area (TPSA) is 0 Å². The number of hydrogen-bond donors (Lipinski definition) is 0. The van der Waals surface area contributed by atoms with Crippen LogP contribution >= 0.6 is 7.26 Å². The van der Waals surface area contributed by atoms with Gasteiger partial charge in [0.1, 0.15) is 23.2 Å². The standard InChI is InChI=1S/C33H30P/c1-6-16-28(17-7-1)33(29-18-8-2-9-19-29)26-27-34(30-20-10-3-11-21-30,31-22-12-4-13-23-31)32-24-14-5-15-25-32/h1-25,33H,26-27H2/q+1. The Balaban J connectivity index is 1.65. The minimum atomic E-state index is -1.85. The van der Waals surface area contributed by atoms with E-state index in [1.807, 2.05) is 0 Å². The highest BCUT2D eigenvalue weighted by Gasteiger charge is 2.45. The second kappa shape index (κ2) is 10.6. The van der Waals surface area contributed by atoms with E-state index in [1.54, 1.807) is 0 Å². The minimum absolute atomic E-state index is 0.359. The molecular formula is C33H30P+. The summed E-state index contributed by atoms with van der Waals surface area (Å²) in [5.41, 5.74) is 2.78. The van der Waals surface area contributed by atoms with Gasteiger partial charge in [-0.3, -0.25) is 0 Å². The van der Waals surface area contributed by atoms with Crippen LogP contribution in [0.3, 0.4) is 0 Å². The molecule has 0 nitrogen and oxygen atoms in total. The Morgan fingerprint density at radius 3 is 1.00 bits per heavy atom. The van der Waals surface area contributed by atoms with Crippen LogP contribution in [0.5, 0.6) is 0 Å². The molecule has 5 aromatic rings. The molecule has 0 atom stereocenters. The van der Waals surface area contributed by atoms with Crippen LogP contribution < -0.4 is 15.9 Å². The first-order valence-corrected chi connectivity index (χ1v) is 14.0. The molecule has 5 rings (SSSR count). The van der Waals surface area contributed by atoms with Gasteiger partial charge in [-0.05, 0) is 53.9 Å². The summed E-state index contributed by atoms with van der Waals surface area (Å²) in [6, 6.07) is 55.6. The van der Waals surface area contributed by atoms with Crippen molar-refractivity contribution in [3.8, 4) is 0 Å². The van der Waals surface area contributed by atoms with E-state index in [0.29, 0.717) is 5.92 Å². The summed E-state index contributed by atoms with van der Waals surface area (Å²) >= 11 is 0. The molecule has 0 aliphatic carbocycles. The highest BCUT2D eigenvalue weighted by atomic mass is 31.2. The monoisotopic (exact) mass is 457 g/mol. The lowest BCUT2D eigenvalue weighted by Gasteiger charge is -2.29. The van der Waals surface area contributed by atoms with Gasteiger partial charge in [-0.2, -0.15) is 0 Å². The smallest absolute Gasteiger partial charge is 0.0622 e. The van der Waals surface area contributed by atoms with E-state index >= 15 is 0 Å². The molecule has 0 saturated heterocycles. The van der Waals surface area contributed by atoms with Crippen LogP contribution in [-0.2, 0) is 0 Å². The summed E-state index contributed by atoms with van der Waals surface area (Å²) in [6.07, 6.45) is 2.19. The zero-order valence-electron chi connectivity index (χ0n) is 19.4. The Hall–Kier alpha value is -3.47. The van der Waals surface area contributed by atoms with Crippen LogP contribution in [0.15, 0.2) is 152 Å².